The highest BCUT2D eigenvalue weighted by Crippen LogP contribution is 2.52. The SMILES string of the molecule is CSC1(CNC2C3CCCOC3C2(C)C)CCC1. The van der Waals surface area contributed by atoms with E-state index in [0.29, 0.717) is 22.3 Å². The third-order valence-corrected chi connectivity index (χ3v) is 7.09. The molecule has 1 heterocycles. The minimum atomic E-state index is 0.328. The van der Waals surface area contributed by atoms with Gasteiger partial charge < -0.3 is 10.1 Å². The van der Waals surface area contributed by atoms with E-state index in [2.05, 4.69) is 37.2 Å². The number of thioether (sulfide) groups is 1. The number of hydrogen-bond acceptors (Lipinski definition) is 3. The van der Waals surface area contributed by atoms with E-state index in [4.69, 9.17) is 4.74 Å². The molecule has 0 radical (unpaired) electrons. The number of ether oxygens (including phenoxy) is 1. The lowest BCUT2D eigenvalue weighted by atomic mass is 9.55. The minimum absolute atomic E-state index is 0.328. The van der Waals surface area contributed by atoms with Crippen LogP contribution in [-0.2, 0) is 4.74 Å². The lowest BCUT2D eigenvalue weighted by Crippen LogP contribution is -2.70. The molecule has 2 nitrogen and oxygen atoms in total. The predicted octanol–water partition coefficient (Wildman–Crippen LogP) is 3.07. The average Bonchev–Trinajstić information content (AvgIpc) is 2.32. The molecule has 18 heavy (non-hydrogen) atoms. The van der Waals surface area contributed by atoms with Crippen LogP contribution < -0.4 is 5.32 Å². The van der Waals surface area contributed by atoms with Crippen LogP contribution in [0.1, 0.15) is 46.0 Å². The first kappa shape index (κ1) is 13.3. The van der Waals surface area contributed by atoms with Crippen molar-refractivity contribution in [1.29, 1.82) is 0 Å². The van der Waals surface area contributed by atoms with Gasteiger partial charge in [0.25, 0.3) is 0 Å². The third-order valence-electron chi connectivity index (χ3n) is 5.67. The Labute approximate surface area is 116 Å². The molecule has 1 N–H and O–H groups in total. The summed E-state index contributed by atoms with van der Waals surface area (Å²) in [4.78, 5) is 0. The molecule has 0 spiro atoms. The molecule has 1 saturated heterocycles. The zero-order valence-corrected chi connectivity index (χ0v) is 12.8. The molecule has 2 saturated carbocycles. The molecule has 3 heteroatoms. The number of rotatable bonds is 4. The Kier molecular flexibility index (Phi) is 3.44. The summed E-state index contributed by atoms with van der Waals surface area (Å²) in [6.07, 6.45) is 9.62. The highest BCUT2D eigenvalue weighted by atomic mass is 32.2. The van der Waals surface area contributed by atoms with Crippen LogP contribution in [0.4, 0.5) is 0 Å². The highest BCUT2D eigenvalue weighted by molar-refractivity contribution is 8.00. The Morgan fingerprint density at radius 1 is 1.28 bits per heavy atom. The van der Waals surface area contributed by atoms with Crippen molar-refractivity contribution in [2.24, 2.45) is 11.3 Å². The van der Waals surface area contributed by atoms with Crippen molar-refractivity contribution in [2.75, 3.05) is 19.4 Å². The number of fused-ring (bicyclic) bond motifs is 1. The second-order valence-electron chi connectivity index (χ2n) is 7.02. The largest absolute Gasteiger partial charge is 0.377 e. The predicted molar refractivity (Wildman–Crippen MR) is 78.1 cm³/mol. The van der Waals surface area contributed by atoms with Gasteiger partial charge in [-0.3, -0.25) is 0 Å². The summed E-state index contributed by atoms with van der Waals surface area (Å²) in [5, 5.41) is 3.90. The molecular weight excluding hydrogens is 242 g/mol. The second-order valence-corrected chi connectivity index (χ2v) is 8.29. The van der Waals surface area contributed by atoms with Crippen molar-refractivity contribution in [1.82, 2.24) is 5.32 Å². The monoisotopic (exact) mass is 269 g/mol. The fourth-order valence-electron chi connectivity index (χ4n) is 4.26. The van der Waals surface area contributed by atoms with Crippen molar-refractivity contribution >= 4 is 11.8 Å². The zero-order valence-electron chi connectivity index (χ0n) is 12.0. The van der Waals surface area contributed by atoms with Crippen molar-refractivity contribution in [2.45, 2.75) is 62.8 Å². The first-order valence-corrected chi connectivity index (χ1v) is 8.72. The van der Waals surface area contributed by atoms with E-state index in [0.717, 1.165) is 12.5 Å². The molecular formula is C15H27NOS. The summed E-state index contributed by atoms with van der Waals surface area (Å²) >= 11 is 2.07. The molecule has 0 aromatic rings. The van der Waals surface area contributed by atoms with Crippen LogP contribution in [-0.4, -0.2) is 36.3 Å². The highest BCUT2D eigenvalue weighted by Gasteiger charge is 2.58. The Morgan fingerprint density at radius 3 is 2.67 bits per heavy atom. The second kappa shape index (κ2) is 4.68. The fourth-order valence-corrected chi connectivity index (χ4v) is 5.18. The maximum atomic E-state index is 5.98. The summed E-state index contributed by atoms with van der Waals surface area (Å²) in [7, 11) is 0. The lowest BCUT2D eigenvalue weighted by molar-refractivity contribution is -0.192. The van der Waals surface area contributed by atoms with Gasteiger partial charge in [-0.05, 0) is 31.9 Å². The minimum Gasteiger partial charge on any atom is -0.377 e. The molecule has 104 valence electrons. The third kappa shape index (κ3) is 1.94. The van der Waals surface area contributed by atoms with Gasteiger partial charge in [-0.1, -0.05) is 20.3 Å². The van der Waals surface area contributed by atoms with E-state index in [9.17, 15) is 0 Å². The van der Waals surface area contributed by atoms with Crippen molar-refractivity contribution < 1.29 is 4.74 Å². The summed E-state index contributed by atoms with van der Waals surface area (Å²) in [5.41, 5.74) is 0.328. The van der Waals surface area contributed by atoms with E-state index < -0.39 is 0 Å². The lowest BCUT2D eigenvalue weighted by Gasteiger charge is -2.61. The maximum Gasteiger partial charge on any atom is 0.0684 e. The van der Waals surface area contributed by atoms with Gasteiger partial charge in [-0.2, -0.15) is 11.8 Å². The summed E-state index contributed by atoms with van der Waals surface area (Å²) in [5.74, 6) is 0.771. The Balaban J connectivity index is 1.59. The molecule has 2 aliphatic carbocycles. The smallest absolute Gasteiger partial charge is 0.0684 e. The zero-order chi connectivity index (χ0) is 12.8. The van der Waals surface area contributed by atoms with E-state index in [-0.39, 0.29) is 0 Å². The molecule has 3 aliphatic rings. The van der Waals surface area contributed by atoms with Crippen LogP contribution >= 0.6 is 11.8 Å². The van der Waals surface area contributed by atoms with E-state index in [1.165, 1.54) is 38.6 Å². The Bertz CT molecular complexity index is 308. The molecule has 3 unspecified atom stereocenters. The Morgan fingerprint density at radius 2 is 2.06 bits per heavy atom. The van der Waals surface area contributed by atoms with Crippen molar-refractivity contribution in [3.63, 3.8) is 0 Å². The van der Waals surface area contributed by atoms with E-state index >= 15 is 0 Å². The van der Waals surface area contributed by atoms with Crippen LogP contribution in [0.5, 0.6) is 0 Å². The standard InChI is InChI=1S/C15H27NOS/c1-14(2)12(11-6-4-9-17-13(11)14)16-10-15(18-3)7-5-8-15/h11-13,16H,4-10H2,1-3H3. The molecule has 0 aromatic carbocycles. The topological polar surface area (TPSA) is 21.3 Å². The van der Waals surface area contributed by atoms with Crippen molar-refractivity contribution in [3.8, 4) is 0 Å². The van der Waals surface area contributed by atoms with Crippen LogP contribution in [0.25, 0.3) is 0 Å². The van der Waals surface area contributed by atoms with E-state index in [1.807, 2.05) is 0 Å². The van der Waals surface area contributed by atoms with Gasteiger partial charge in [0.2, 0.25) is 0 Å². The van der Waals surface area contributed by atoms with Gasteiger partial charge >= 0.3 is 0 Å². The molecule has 0 aromatic heterocycles. The number of hydrogen-bond donors (Lipinski definition) is 1. The summed E-state index contributed by atoms with van der Waals surface area (Å²) in [6, 6.07) is 0.674. The summed E-state index contributed by atoms with van der Waals surface area (Å²) < 4.78 is 6.53. The molecule has 1 aliphatic heterocycles. The quantitative estimate of drug-likeness (QED) is 0.847. The van der Waals surface area contributed by atoms with Gasteiger partial charge in [0.1, 0.15) is 0 Å². The normalized spacial score (nSPS) is 40.5. The first-order chi connectivity index (χ1) is 8.59. The molecule has 0 bridgehead atoms. The van der Waals surface area contributed by atoms with Crippen LogP contribution in [0.3, 0.4) is 0 Å². The maximum absolute atomic E-state index is 5.98. The van der Waals surface area contributed by atoms with Crippen LogP contribution in [0.2, 0.25) is 0 Å². The van der Waals surface area contributed by atoms with E-state index in [1.54, 1.807) is 0 Å². The van der Waals surface area contributed by atoms with Gasteiger partial charge in [0.05, 0.1) is 6.10 Å². The van der Waals surface area contributed by atoms with Gasteiger partial charge in [-0.15, -0.1) is 0 Å². The van der Waals surface area contributed by atoms with Crippen LogP contribution in [0, 0.1) is 11.3 Å². The first-order valence-electron chi connectivity index (χ1n) is 7.49. The molecule has 3 atom stereocenters. The Hall–Kier alpha value is 0.270. The van der Waals surface area contributed by atoms with Gasteiger partial charge in [-0.25, -0.2) is 0 Å². The fraction of sp³-hybridized carbons (Fsp3) is 1.00. The molecule has 0 amide bonds. The average molecular weight is 269 g/mol. The molecule has 3 rings (SSSR count). The van der Waals surface area contributed by atoms with Crippen LogP contribution in [0.15, 0.2) is 0 Å². The van der Waals surface area contributed by atoms with Gasteiger partial charge in [0.15, 0.2) is 0 Å². The number of nitrogens with one attached hydrogen (secondary N) is 1. The summed E-state index contributed by atoms with van der Waals surface area (Å²) in [6.45, 7) is 6.94. The van der Waals surface area contributed by atoms with Crippen molar-refractivity contribution in [3.05, 3.63) is 0 Å². The molecule has 3 fully saturated rings. The van der Waals surface area contributed by atoms with Gasteiger partial charge in [0, 0.05) is 35.3 Å².